The van der Waals surface area contributed by atoms with E-state index in [1.54, 1.807) is 0 Å². The first kappa shape index (κ1) is 14.3. The number of anilines is 1. The van der Waals surface area contributed by atoms with Crippen molar-refractivity contribution in [3.05, 3.63) is 24.3 Å². The number of nitrogens with one attached hydrogen (secondary N) is 1. The van der Waals surface area contributed by atoms with Gasteiger partial charge in [0.2, 0.25) is 5.91 Å². The highest BCUT2D eigenvalue weighted by Crippen LogP contribution is 2.15. The van der Waals surface area contributed by atoms with Crippen LogP contribution in [0.3, 0.4) is 0 Å². The van der Waals surface area contributed by atoms with Gasteiger partial charge < -0.3 is 5.32 Å². The minimum Gasteiger partial charge on any atom is -0.326 e. The second-order valence-corrected chi connectivity index (χ2v) is 5.29. The number of carbonyl (C=O) groups is 2. The van der Waals surface area contributed by atoms with E-state index in [1.165, 1.54) is 31.2 Å². The predicted molar refractivity (Wildman–Crippen MR) is 64.6 cm³/mol. The number of benzene rings is 1. The van der Waals surface area contributed by atoms with Crippen molar-refractivity contribution in [2.75, 3.05) is 12.4 Å². The second-order valence-electron chi connectivity index (χ2n) is 3.57. The van der Waals surface area contributed by atoms with Crippen LogP contribution < -0.4 is 5.32 Å². The lowest BCUT2D eigenvalue weighted by Crippen LogP contribution is -2.14. The molecule has 1 rings (SSSR count). The highest BCUT2D eigenvalue weighted by Gasteiger charge is 2.12. The van der Waals surface area contributed by atoms with Gasteiger partial charge >= 0.3 is 0 Å². The molecule has 0 bridgehead atoms. The minimum atomic E-state index is -3.73. The average molecular weight is 271 g/mol. The summed E-state index contributed by atoms with van der Waals surface area (Å²) in [5.74, 6) is -0.684. The van der Waals surface area contributed by atoms with Gasteiger partial charge in [0, 0.05) is 5.69 Å². The molecule has 0 atom stereocenters. The summed E-state index contributed by atoms with van der Waals surface area (Å²) in [5.41, 5.74) is 0.413. The molecule has 1 amide bonds. The third-order valence-corrected chi connectivity index (χ3v) is 3.34. The van der Waals surface area contributed by atoms with Gasteiger partial charge in [-0.15, -0.1) is 0 Å². The van der Waals surface area contributed by atoms with Crippen molar-refractivity contribution in [1.82, 2.24) is 0 Å². The van der Waals surface area contributed by atoms with Crippen LogP contribution in [0, 0.1) is 0 Å². The van der Waals surface area contributed by atoms with E-state index in [0.717, 1.165) is 7.11 Å². The molecule has 0 heterocycles. The zero-order valence-electron chi connectivity index (χ0n) is 9.97. The first-order valence-electron chi connectivity index (χ1n) is 5.05. The molecule has 0 spiro atoms. The Kier molecular flexibility index (Phi) is 4.57. The summed E-state index contributed by atoms with van der Waals surface area (Å²) >= 11 is 0. The number of hydrogen-bond acceptors (Lipinski definition) is 5. The molecule has 1 N–H and O–H groups in total. The molecule has 0 aliphatic carbocycles. The van der Waals surface area contributed by atoms with Crippen LogP contribution in [0.2, 0.25) is 0 Å². The molecule has 7 heteroatoms. The van der Waals surface area contributed by atoms with E-state index in [9.17, 15) is 18.0 Å². The maximum absolute atomic E-state index is 11.3. The lowest BCUT2D eigenvalue weighted by Gasteiger charge is -2.05. The van der Waals surface area contributed by atoms with Crippen molar-refractivity contribution in [2.24, 2.45) is 0 Å². The normalized spacial score (nSPS) is 11.0. The van der Waals surface area contributed by atoms with Crippen LogP contribution in [-0.2, 0) is 23.9 Å². The first-order chi connectivity index (χ1) is 8.35. The molecule has 6 nitrogen and oxygen atoms in total. The molecule has 1 aromatic carbocycles. The van der Waals surface area contributed by atoms with Gasteiger partial charge in [-0.05, 0) is 31.2 Å². The van der Waals surface area contributed by atoms with Crippen molar-refractivity contribution in [1.29, 1.82) is 0 Å². The number of ketones is 1. The number of Topliss-reactive ketones (excluding diaryl/α,β-unsaturated/α-hetero) is 1. The van der Waals surface area contributed by atoms with E-state index in [1.807, 2.05) is 0 Å². The fraction of sp³-hybridized carbons (Fsp3) is 0.273. The third-order valence-electron chi connectivity index (χ3n) is 2.06. The molecule has 0 unspecified atom stereocenters. The number of rotatable bonds is 5. The quantitative estimate of drug-likeness (QED) is 0.636. The fourth-order valence-electron chi connectivity index (χ4n) is 1.23. The Hall–Kier alpha value is -1.73. The van der Waals surface area contributed by atoms with Crippen molar-refractivity contribution in [2.45, 2.75) is 18.2 Å². The maximum Gasteiger partial charge on any atom is 0.296 e. The number of hydrogen-bond donors (Lipinski definition) is 1. The molecule has 0 aliphatic heterocycles. The largest absolute Gasteiger partial charge is 0.326 e. The highest BCUT2D eigenvalue weighted by molar-refractivity contribution is 7.86. The van der Waals surface area contributed by atoms with Gasteiger partial charge in [0.15, 0.2) is 0 Å². The molecule has 98 valence electrons. The molecule has 0 saturated heterocycles. The molecular weight excluding hydrogens is 258 g/mol. The topological polar surface area (TPSA) is 89.5 Å². The zero-order valence-corrected chi connectivity index (χ0v) is 10.8. The Morgan fingerprint density at radius 3 is 2.22 bits per heavy atom. The van der Waals surface area contributed by atoms with Gasteiger partial charge in [-0.1, -0.05) is 0 Å². The standard InChI is InChI=1S/C11H13NO5S/c1-8(13)7-11(14)12-9-3-5-10(6-4-9)18(15,16)17-2/h3-6H,7H2,1-2H3,(H,12,14). The molecule has 18 heavy (non-hydrogen) atoms. The van der Waals surface area contributed by atoms with E-state index in [-0.39, 0.29) is 17.1 Å². The Balaban J connectivity index is 2.78. The Morgan fingerprint density at radius 1 is 1.22 bits per heavy atom. The lowest BCUT2D eigenvalue weighted by atomic mass is 10.2. The summed E-state index contributed by atoms with van der Waals surface area (Å²) in [6.07, 6.45) is -0.210. The van der Waals surface area contributed by atoms with Crippen molar-refractivity contribution >= 4 is 27.5 Å². The van der Waals surface area contributed by atoms with E-state index in [0.29, 0.717) is 5.69 Å². The van der Waals surface area contributed by atoms with Crippen LogP contribution in [0.15, 0.2) is 29.2 Å². The van der Waals surface area contributed by atoms with Crippen LogP contribution in [-0.4, -0.2) is 27.2 Å². The second kappa shape index (κ2) is 5.74. The number of carbonyl (C=O) groups excluding carboxylic acids is 2. The summed E-state index contributed by atoms with van der Waals surface area (Å²) in [7, 11) is -2.66. The average Bonchev–Trinajstić information content (AvgIpc) is 2.28. The Bertz CT molecular complexity index is 547. The van der Waals surface area contributed by atoms with Gasteiger partial charge in [0.1, 0.15) is 5.78 Å². The van der Waals surface area contributed by atoms with Gasteiger partial charge in [-0.3, -0.25) is 13.8 Å². The van der Waals surface area contributed by atoms with E-state index in [4.69, 9.17) is 0 Å². The molecule has 1 aromatic rings. The van der Waals surface area contributed by atoms with Crippen LogP contribution in [0.25, 0.3) is 0 Å². The summed E-state index contributed by atoms with van der Waals surface area (Å²) in [6, 6.07) is 5.46. The molecule has 0 aliphatic rings. The van der Waals surface area contributed by atoms with Gasteiger partial charge in [0.05, 0.1) is 18.4 Å². The smallest absolute Gasteiger partial charge is 0.296 e. The SMILES string of the molecule is COS(=O)(=O)c1ccc(NC(=O)CC(C)=O)cc1. The minimum absolute atomic E-state index is 0.00503. The zero-order chi connectivity index (χ0) is 13.8. The fourth-order valence-corrected chi connectivity index (χ4v) is 1.89. The summed E-state index contributed by atoms with van der Waals surface area (Å²) in [6.45, 7) is 1.31. The van der Waals surface area contributed by atoms with Crippen LogP contribution in [0.5, 0.6) is 0 Å². The molecule has 0 aromatic heterocycles. The summed E-state index contributed by atoms with van der Waals surface area (Å²) in [4.78, 5) is 22.0. The maximum atomic E-state index is 11.3. The van der Waals surface area contributed by atoms with Crippen LogP contribution in [0.1, 0.15) is 13.3 Å². The van der Waals surface area contributed by atoms with Crippen molar-refractivity contribution in [3.8, 4) is 0 Å². The molecular formula is C11H13NO5S. The van der Waals surface area contributed by atoms with E-state index < -0.39 is 16.0 Å². The van der Waals surface area contributed by atoms with E-state index in [2.05, 4.69) is 9.50 Å². The summed E-state index contributed by atoms with van der Waals surface area (Å²) < 4.78 is 27.0. The van der Waals surface area contributed by atoms with Gasteiger partial charge in [0.25, 0.3) is 10.1 Å². The lowest BCUT2D eigenvalue weighted by molar-refractivity contribution is -0.124. The highest BCUT2D eigenvalue weighted by atomic mass is 32.2. The van der Waals surface area contributed by atoms with Gasteiger partial charge in [-0.25, -0.2) is 0 Å². The van der Waals surface area contributed by atoms with Gasteiger partial charge in [-0.2, -0.15) is 8.42 Å². The third kappa shape index (κ3) is 3.94. The monoisotopic (exact) mass is 271 g/mol. The van der Waals surface area contributed by atoms with Crippen molar-refractivity contribution in [3.63, 3.8) is 0 Å². The van der Waals surface area contributed by atoms with Crippen LogP contribution in [0.4, 0.5) is 5.69 Å². The Morgan fingerprint density at radius 2 is 1.78 bits per heavy atom. The van der Waals surface area contributed by atoms with Crippen LogP contribution >= 0.6 is 0 Å². The number of amides is 1. The van der Waals surface area contributed by atoms with E-state index >= 15 is 0 Å². The molecule has 0 radical (unpaired) electrons. The first-order valence-corrected chi connectivity index (χ1v) is 6.46. The van der Waals surface area contributed by atoms with Crippen molar-refractivity contribution < 1.29 is 22.2 Å². The predicted octanol–water partition coefficient (Wildman–Crippen LogP) is 0.939. The molecule has 0 saturated carbocycles. The molecule has 0 fully saturated rings. The Labute approximate surface area is 105 Å². The summed E-state index contributed by atoms with van der Waals surface area (Å²) in [5, 5.41) is 2.47.